The molecule has 0 fully saturated rings. The van der Waals surface area contributed by atoms with Crippen LogP contribution in [0.15, 0.2) is 42.6 Å². The van der Waals surface area contributed by atoms with Crippen molar-refractivity contribution in [1.82, 2.24) is 4.98 Å². The summed E-state index contributed by atoms with van der Waals surface area (Å²) in [6.45, 7) is 1.84. The third-order valence-corrected chi connectivity index (χ3v) is 2.41. The molecule has 94 valence electrons. The minimum atomic E-state index is -4.66. The Morgan fingerprint density at radius 2 is 1.72 bits per heavy atom. The van der Waals surface area contributed by atoms with Crippen molar-refractivity contribution in [3.05, 3.63) is 48.3 Å². The van der Waals surface area contributed by atoms with Gasteiger partial charge in [0.2, 0.25) is 0 Å². The molecule has 0 aliphatic rings. The van der Waals surface area contributed by atoms with Gasteiger partial charge in [-0.2, -0.15) is 0 Å². The molecule has 0 bridgehead atoms. The molecule has 1 aromatic carbocycles. The average molecular weight is 253 g/mol. The SMILES string of the molecule is Cc1ncccc1-c1ccc(OC(F)(F)F)cc1. The van der Waals surface area contributed by atoms with E-state index in [1.54, 1.807) is 24.4 Å². The van der Waals surface area contributed by atoms with Gasteiger partial charge in [-0.25, -0.2) is 0 Å². The van der Waals surface area contributed by atoms with E-state index in [9.17, 15) is 13.2 Å². The summed E-state index contributed by atoms with van der Waals surface area (Å²) >= 11 is 0. The highest BCUT2D eigenvalue weighted by Crippen LogP contribution is 2.27. The number of hydrogen-bond acceptors (Lipinski definition) is 2. The molecule has 1 aromatic heterocycles. The van der Waals surface area contributed by atoms with Crippen molar-refractivity contribution in [3.8, 4) is 16.9 Å². The van der Waals surface area contributed by atoms with E-state index in [4.69, 9.17) is 0 Å². The van der Waals surface area contributed by atoms with E-state index >= 15 is 0 Å². The van der Waals surface area contributed by atoms with Crippen molar-refractivity contribution in [2.45, 2.75) is 13.3 Å². The fourth-order valence-electron chi connectivity index (χ4n) is 1.63. The Balaban J connectivity index is 2.26. The lowest BCUT2D eigenvalue weighted by Gasteiger charge is -2.10. The number of aromatic nitrogens is 1. The molecular weight excluding hydrogens is 243 g/mol. The molecule has 5 heteroatoms. The summed E-state index contributed by atoms with van der Waals surface area (Å²) in [5, 5.41) is 0. The van der Waals surface area contributed by atoms with Gasteiger partial charge in [0.25, 0.3) is 0 Å². The highest BCUT2D eigenvalue weighted by atomic mass is 19.4. The smallest absolute Gasteiger partial charge is 0.406 e. The predicted molar refractivity (Wildman–Crippen MR) is 61.1 cm³/mol. The van der Waals surface area contributed by atoms with E-state index in [1.807, 2.05) is 13.0 Å². The summed E-state index contributed by atoms with van der Waals surface area (Å²) in [6, 6.07) is 9.37. The first-order chi connectivity index (χ1) is 8.46. The molecule has 18 heavy (non-hydrogen) atoms. The normalized spacial score (nSPS) is 11.3. The molecule has 0 spiro atoms. The summed E-state index contributed by atoms with van der Waals surface area (Å²) in [6.07, 6.45) is -2.99. The van der Waals surface area contributed by atoms with Gasteiger partial charge in [0.1, 0.15) is 5.75 Å². The average Bonchev–Trinajstić information content (AvgIpc) is 2.29. The van der Waals surface area contributed by atoms with Gasteiger partial charge in [0, 0.05) is 17.5 Å². The number of halogens is 3. The standard InChI is InChI=1S/C13H10F3NO/c1-9-12(3-2-8-17-9)10-4-6-11(7-5-10)18-13(14,15)16/h2-8H,1H3. The molecule has 2 rings (SSSR count). The molecule has 0 radical (unpaired) electrons. The molecule has 1 heterocycles. The highest BCUT2D eigenvalue weighted by molar-refractivity contribution is 5.66. The van der Waals surface area contributed by atoms with E-state index in [0.29, 0.717) is 0 Å². The van der Waals surface area contributed by atoms with Crippen LogP contribution in [0.5, 0.6) is 5.75 Å². The lowest BCUT2D eigenvalue weighted by Crippen LogP contribution is -2.16. The Morgan fingerprint density at radius 1 is 1.06 bits per heavy atom. The molecule has 0 N–H and O–H groups in total. The molecular formula is C13H10F3NO. The molecule has 0 saturated heterocycles. The van der Waals surface area contributed by atoms with Gasteiger partial charge in [0.05, 0.1) is 0 Å². The summed E-state index contributed by atoms with van der Waals surface area (Å²) in [4.78, 5) is 4.13. The predicted octanol–water partition coefficient (Wildman–Crippen LogP) is 3.96. The first kappa shape index (κ1) is 12.4. The first-order valence-electron chi connectivity index (χ1n) is 5.23. The number of rotatable bonds is 2. The monoisotopic (exact) mass is 253 g/mol. The quantitative estimate of drug-likeness (QED) is 0.808. The number of ether oxygens (including phenoxy) is 1. The Morgan fingerprint density at radius 3 is 2.28 bits per heavy atom. The second-order valence-corrected chi connectivity index (χ2v) is 3.71. The Labute approximate surface area is 102 Å². The van der Waals surface area contributed by atoms with E-state index in [0.717, 1.165) is 16.8 Å². The number of pyridine rings is 1. The maximum absolute atomic E-state index is 12.0. The van der Waals surface area contributed by atoms with Crippen molar-refractivity contribution in [2.24, 2.45) is 0 Å². The Hall–Kier alpha value is -2.04. The lowest BCUT2D eigenvalue weighted by atomic mass is 10.0. The maximum Gasteiger partial charge on any atom is 0.573 e. The molecule has 0 saturated carbocycles. The zero-order chi connectivity index (χ0) is 13.2. The fourth-order valence-corrected chi connectivity index (χ4v) is 1.63. The van der Waals surface area contributed by atoms with Crippen LogP contribution in [-0.4, -0.2) is 11.3 Å². The molecule has 0 atom stereocenters. The zero-order valence-electron chi connectivity index (χ0n) is 9.53. The summed E-state index contributed by atoms with van der Waals surface area (Å²) in [5.74, 6) is -0.229. The molecule has 2 aromatic rings. The van der Waals surface area contributed by atoms with Gasteiger partial charge in [-0.15, -0.1) is 13.2 Å². The minimum Gasteiger partial charge on any atom is -0.406 e. The minimum absolute atomic E-state index is 0.229. The van der Waals surface area contributed by atoms with Crippen LogP contribution in [0.25, 0.3) is 11.1 Å². The number of nitrogens with zero attached hydrogens (tertiary/aromatic N) is 1. The first-order valence-corrected chi connectivity index (χ1v) is 5.23. The molecule has 0 aliphatic carbocycles. The molecule has 0 aliphatic heterocycles. The van der Waals surface area contributed by atoms with E-state index in [2.05, 4.69) is 9.72 Å². The maximum atomic E-state index is 12.0. The van der Waals surface area contributed by atoms with Crippen LogP contribution in [0.1, 0.15) is 5.69 Å². The fraction of sp³-hybridized carbons (Fsp3) is 0.154. The van der Waals surface area contributed by atoms with Crippen LogP contribution in [0.4, 0.5) is 13.2 Å². The van der Waals surface area contributed by atoms with Crippen LogP contribution in [-0.2, 0) is 0 Å². The van der Waals surface area contributed by atoms with Crippen molar-refractivity contribution >= 4 is 0 Å². The highest BCUT2D eigenvalue weighted by Gasteiger charge is 2.30. The number of alkyl halides is 3. The summed E-state index contributed by atoms with van der Waals surface area (Å²) in [5.41, 5.74) is 2.51. The second kappa shape index (κ2) is 4.68. The van der Waals surface area contributed by atoms with Gasteiger partial charge in [-0.3, -0.25) is 4.98 Å². The van der Waals surface area contributed by atoms with Crippen molar-refractivity contribution < 1.29 is 17.9 Å². The van der Waals surface area contributed by atoms with Gasteiger partial charge < -0.3 is 4.74 Å². The topological polar surface area (TPSA) is 22.1 Å². The van der Waals surface area contributed by atoms with Crippen molar-refractivity contribution in [1.29, 1.82) is 0 Å². The van der Waals surface area contributed by atoms with E-state index < -0.39 is 6.36 Å². The van der Waals surface area contributed by atoms with Crippen LogP contribution in [0.2, 0.25) is 0 Å². The molecule has 0 unspecified atom stereocenters. The largest absolute Gasteiger partial charge is 0.573 e. The Kier molecular flexibility index (Phi) is 3.23. The van der Waals surface area contributed by atoms with Gasteiger partial charge >= 0.3 is 6.36 Å². The molecule has 2 nitrogen and oxygen atoms in total. The third kappa shape index (κ3) is 3.00. The van der Waals surface area contributed by atoms with Crippen molar-refractivity contribution in [2.75, 3.05) is 0 Å². The van der Waals surface area contributed by atoms with Gasteiger partial charge in [-0.05, 0) is 30.7 Å². The van der Waals surface area contributed by atoms with E-state index in [-0.39, 0.29) is 5.75 Å². The Bertz CT molecular complexity index is 535. The number of benzene rings is 1. The van der Waals surface area contributed by atoms with Crippen LogP contribution in [0, 0.1) is 6.92 Å². The van der Waals surface area contributed by atoms with Crippen LogP contribution >= 0.6 is 0 Å². The third-order valence-electron chi connectivity index (χ3n) is 2.41. The van der Waals surface area contributed by atoms with E-state index in [1.165, 1.54) is 12.1 Å². The summed E-state index contributed by atoms with van der Waals surface area (Å²) in [7, 11) is 0. The van der Waals surface area contributed by atoms with Gasteiger partial charge in [-0.1, -0.05) is 18.2 Å². The second-order valence-electron chi connectivity index (χ2n) is 3.71. The van der Waals surface area contributed by atoms with Crippen molar-refractivity contribution in [3.63, 3.8) is 0 Å². The zero-order valence-corrected chi connectivity index (χ0v) is 9.53. The summed E-state index contributed by atoms with van der Waals surface area (Å²) < 4.78 is 39.8. The lowest BCUT2D eigenvalue weighted by molar-refractivity contribution is -0.274. The van der Waals surface area contributed by atoms with Gasteiger partial charge in [0.15, 0.2) is 0 Å². The van der Waals surface area contributed by atoms with Crippen LogP contribution < -0.4 is 4.74 Å². The number of aryl methyl sites for hydroxylation is 1. The number of hydrogen-bond donors (Lipinski definition) is 0. The van der Waals surface area contributed by atoms with Crippen LogP contribution in [0.3, 0.4) is 0 Å². The molecule has 0 amide bonds.